The third kappa shape index (κ3) is 33.8. The zero-order valence-corrected chi connectivity index (χ0v) is 69.2. The van der Waals surface area contributed by atoms with Gasteiger partial charge >= 0.3 is 30.2 Å². The molecule has 11 amide bonds. The van der Waals surface area contributed by atoms with Crippen molar-refractivity contribution < 1.29 is 126 Å². The molecule has 0 radical (unpaired) electrons. The zero-order valence-electron chi connectivity index (χ0n) is 69.2. The number of esters is 1. The minimum absolute atomic E-state index is 0.00723. The second-order valence-corrected chi connectivity index (χ2v) is 30.4. The van der Waals surface area contributed by atoms with Crippen molar-refractivity contribution in [2.45, 2.75) is 217 Å². The predicted octanol–water partition coefficient (Wildman–Crippen LogP) is -0.399. The zero-order chi connectivity index (χ0) is 91.7. The predicted molar refractivity (Wildman–Crippen MR) is 433 cm³/mol. The number of nitrogen functional groups attached to an aromatic ring is 1. The number of aromatic nitrogens is 1. The number of aliphatic hydroxyl groups is 1. The molecule has 13 atom stereocenters. The number of aliphatic hydroxyl groups excluding tert-OH is 1. The summed E-state index contributed by atoms with van der Waals surface area (Å²) in [6.45, 7) is 4.73. The van der Waals surface area contributed by atoms with Gasteiger partial charge in [-0.1, -0.05) is 102 Å². The second-order valence-electron chi connectivity index (χ2n) is 30.4. The lowest BCUT2D eigenvalue weighted by Crippen LogP contribution is -2.58. The molecular formula is C83H110N14O26. The molecule has 123 heavy (non-hydrogen) atoms. The van der Waals surface area contributed by atoms with E-state index in [9.17, 15) is 102 Å². The van der Waals surface area contributed by atoms with Crippen molar-refractivity contribution in [1.82, 2.24) is 58.2 Å². The number of carboxylic acids is 2. The molecule has 668 valence electrons. The third-order valence-electron chi connectivity index (χ3n) is 20.9. The van der Waals surface area contributed by atoms with Crippen LogP contribution in [0.25, 0.3) is 10.9 Å². The van der Waals surface area contributed by atoms with Crippen molar-refractivity contribution in [2.24, 2.45) is 41.1 Å². The third-order valence-corrected chi connectivity index (χ3v) is 20.9. The van der Waals surface area contributed by atoms with Crippen molar-refractivity contribution in [3.63, 3.8) is 0 Å². The van der Waals surface area contributed by atoms with Gasteiger partial charge in [-0.15, -0.1) is 0 Å². The number of benzene rings is 3. The Labute approximate surface area is 707 Å². The van der Waals surface area contributed by atoms with E-state index in [-0.39, 0.29) is 49.4 Å². The topological polar surface area (TPSA) is 660 Å². The van der Waals surface area contributed by atoms with E-state index in [1.54, 1.807) is 42.6 Å². The summed E-state index contributed by atoms with van der Waals surface area (Å²) in [5.41, 5.74) is 19.5. The minimum Gasteiger partial charge on any atom is -0.481 e. The first-order chi connectivity index (χ1) is 58.3. The first-order valence-electron chi connectivity index (χ1n) is 40.2. The van der Waals surface area contributed by atoms with Crippen LogP contribution in [0.5, 0.6) is 0 Å². The van der Waals surface area contributed by atoms with E-state index in [4.69, 9.17) is 41.1 Å². The Morgan fingerprint density at radius 3 is 1.83 bits per heavy atom. The van der Waals surface area contributed by atoms with Crippen molar-refractivity contribution in [3.8, 4) is 0 Å². The molecule has 2 heterocycles. The largest absolute Gasteiger partial charge is 0.481 e. The van der Waals surface area contributed by atoms with Crippen LogP contribution in [0.1, 0.15) is 188 Å². The molecule has 0 spiro atoms. The van der Waals surface area contributed by atoms with Gasteiger partial charge in [-0.25, -0.2) is 4.79 Å². The van der Waals surface area contributed by atoms with E-state index in [2.05, 4.69) is 65.1 Å². The molecule has 1 aliphatic carbocycles. The number of carboxylic acid groups (broad SMARTS) is 2. The number of rotatable bonds is 30. The normalized spacial score (nSPS) is 22.3. The minimum atomic E-state index is -2.54. The van der Waals surface area contributed by atoms with Crippen molar-refractivity contribution in [2.75, 3.05) is 32.0 Å². The molecule has 40 heteroatoms. The average Bonchev–Trinajstić information content (AvgIpc) is 1.81. The van der Waals surface area contributed by atoms with Gasteiger partial charge in [0.15, 0.2) is 29.2 Å². The Hall–Kier alpha value is -13.1. The Morgan fingerprint density at radius 2 is 1.23 bits per heavy atom. The summed E-state index contributed by atoms with van der Waals surface area (Å²) in [4.78, 5) is 286. The fourth-order valence-corrected chi connectivity index (χ4v) is 14.0. The molecule has 0 unspecified atom stereocenters. The number of carbonyl (C=O) groups is 18. The van der Waals surface area contributed by atoms with E-state index >= 15 is 0 Å². The number of primary amides is 1. The van der Waals surface area contributed by atoms with E-state index in [1.165, 1.54) is 78.0 Å². The van der Waals surface area contributed by atoms with Gasteiger partial charge in [0.05, 0.1) is 44.6 Å². The number of amides is 11. The van der Waals surface area contributed by atoms with Crippen LogP contribution in [0.2, 0.25) is 0 Å². The number of ether oxygens (including phenoxy) is 1. The van der Waals surface area contributed by atoms with Gasteiger partial charge in [0.2, 0.25) is 59.1 Å². The van der Waals surface area contributed by atoms with E-state index in [0.29, 0.717) is 28.3 Å². The van der Waals surface area contributed by atoms with E-state index in [0.717, 1.165) is 44.2 Å². The van der Waals surface area contributed by atoms with Gasteiger partial charge in [0, 0.05) is 83.8 Å². The summed E-state index contributed by atoms with van der Waals surface area (Å²) in [7, 11) is 0. The lowest BCUT2D eigenvalue weighted by molar-refractivity contribution is -0.193. The van der Waals surface area contributed by atoms with Gasteiger partial charge in [0.25, 0.3) is 5.91 Å². The number of aliphatic carboxylic acids is 2. The number of nitrogens with one attached hydrogen (secondary N) is 11. The molecular weight excluding hydrogens is 1610 g/mol. The number of para-hydroxylation sites is 2. The van der Waals surface area contributed by atoms with Crippen LogP contribution >= 0.6 is 0 Å². The standard InChI is InChI=1S/C81H110N14O22.2CO2/c1-7-8-9-10-16-47-22-24-48(25-23-47)49-26-28-50(29-27-49)76(111)93-60(34-51-38-85-56-20-14-12-17-52(51)56)79(114)91-58(36-65(84)100)62(97)32-44(4)74(109)94-70-46(6)117-81(116)71(72(107)53-18-11-13-19-55(53)83)95-77(112)54(42(2)33-68(103)104)35-64(99)61(41-96)90-67(102)39-86-75(110)45(5)88-73(108)43(3)31-63(98)59(37-69(105)106)92-78(113)57(21-15-30-82)89-66(101)40-87-80(70)115;2*2-1-3/h11-14,17-20,26-29,38,42-48,54,57-61,70-71,85,96H,7-10,15-16,21-25,30-37,39-41,82-83H2,1-6H3,(H2,84,100)(H,86,110)(H,87,115)(H,88,108)(H,89,101)(H,90,102)(H,91,114)(H,92,113)(H,93,111)(H,94,109)(H,95,112)(H,103,104)(H,105,106);;/t42-,43+,44-,45+,46-,47?,48?,54+,57+,58-,59+,60+,61-,70+,71+;;/m1../s1. The van der Waals surface area contributed by atoms with Gasteiger partial charge in [-0.05, 0) is 118 Å². The molecule has 1 aromatic heterocycles. The fourth-order valence-electron chi connectivity index (χ4n) is 14.0. The summed E-state index contributed by atoms with van der Waals surface area (Å²) in [5, 5.41) is 54.3. The van der Waals surface area contributed by atoms with Crippen LogP contribution in [0.15, 0.2) is 79.0 Å². The van der Waals surface area contributed by atoms with Crippen LogP contribution in [-0.2, 0) is 107 Å². The molecule has 3 aromatic carbocycles. The molecule has 6 rings (SSSR count). The lowest BCUT2D eigenvalue weighted by Gasteiger charge is -2.29. The number of fused-ring (bicyclic) bond motifs is 1. The van der Waals surface area contributed by atoms with Crippen molar-refractivity contribution in [1.29, 1.82) is 0 Å². The summed E-state index contributed by atoms with van der Waals surface area (Å²) >= 11 is 0. The number of anilines is 1. The molecule has 40 nitrogen and oxygen atoms in total. The quantitative estimate of drug-likeness (QED) is 0.0104. The Bertz CT molecular complexity index is 4460. The summed E-state index contributed by atoms with van der Waals surface area (Å²) in [5.74, 6) is -26.4. The van der Waals surface area contributed by atoms with Gasteiger partial charge in [-0.2, -0.15) is 19.2 Å². The van der Waals surface area contributed by atoms with E-state index in [1.807, 2.05) is 12.1 Å². The number of hydrogen-bond acceptors (Lipinski definition) is 26. The highest BCUT2D eigenvalue weighted by atomic mass is 16.5. The van der Waals surface area contributed by atoms with Gasteiger partial charge < -0.3 is 95.4 Å². The van der Waals surface area contributed by atoms with E-state index < -0.39 is 248 Å². The molecule has 4 aromatic rings. The lowest BCUT2D eigenvalue weighted by atomic mass is 9.77. The molecule has 2 fully saturated rings. The number of carbonyl (C=O) groups excluding carboxylic acids is 20. The summed E-state index contributed by atoms with van der Waals surface area (Å²) in [6, 6.07) is 4.62. The molecule has 2 aliphatic rings. The number of hydrogen-bond donors (Lipinski definition) is 17. The molecule has 0 bridgehead atoms. The van der Waals surface area contributed by atoms with Gasteiger partial charge in [0.1, 0.15) is 36.3 Å². The maximum Gasteiger partial charge on any atom is 0.373 e. The van der Waals surface area contributed by atoms with Crippen LogP contribution in [-0.4, -0.2) is 219 Å². The van der Waals surface area contributed by atoms with Crippen LogP contribution in [0, 0.1) is 29.6 Å². The summed E-state index contributed by atoms with van der Waals surface area (Å²) < 4.78 is 5.74. The number of nitrogens with two attached hydrogens (primary N) is 3. The monoisotopic (exact) mass is 1720 g/mol. The Morgan fingerprint density at radius 1 is 0.618 bits per heavy atom. The first-order valence-corrected chi connectivity index (χ1v) is 40.2. The van der Waals surface area contributed by atoms with Crippen LogP contribution < -0.4 is 70.4 Å². The molecule has 1 aliphatic heterocycles. The first kappa shape index (κ1) is 102. The Kier molecular flexibility index (Phi) is 43.4. The number of H-pyrrole nitrogens is 1. The second kappa shape index (κ2) is 52.2. The Balaban J connectivity index is 0.00000513. The van der Waals surface area contributed by atoms with Crippen LogP contribution in [0.4, 0.5) is 5.69 Å². The average molecular weight is 1720 g/mol. The fraction of sp³-hybridized carbons (Fsp3) is 0.518. The highest BCUT2D eigenvalue weighted by molar-refractivity contribution is 6.16. The number of cyclic esters (lactones) is 1. The maximum absolute atomic E-state index is 14.9. The van der Waals surface area contributed by atoms with Crippen LogP contribution in [0.3, 0.4) is 0 Å². The highest BCUT2D eigenvalue weighted by Gasteiger charge is 2.42. The number of unbranched alkanes of at least 4 members (excludes halogenated alkanes) is 3. The van der Waals surface area contributed by atoms with Gasteiger partial charge in [-0.3, -0.25) is 81.5 Å². The van der Waals surface area contributed by atoms with Crippen molar-refractivity contribution >= 4 is 135 Å². The SMILES string of the molecule is CCCCCCC1CCC(c2ccc(C(=O)N[C@@H](Cc3c[nH]c4ccccc34)C(=O)N[C@H](CC(N)=O)C(=O)C[C@@H](C)C(=O)N[C@@H]3C(=O)NCC(=O)N[C@@H](CCCN)C(=O)N[C@@H](CC(=O)O)C(=O)C[C@H](C)C(=O)N[C@@H](C)C(=O)NCC(=O)N[C@H](CO)C(=O)C[C@@H]([C@H](C)CC(=O)O)C(=O)N[C@@H](C(=O)c4ccccc4N)C(=O)O[C@@H]3C)cc2)CC1.O=C=O.O=C=O. The maximum atomic E-state index is 14.9. The molecule has 20 N–H and O–H groups in total. The number of aromatic amines is 1. The number of Topliss-reactive ketones (excluding diaryl/α,β-unsaturated/α-hetero) is 4. The van der Waals surface area contributed by atoms with Crippen molar-refractivity contribution in [3.05, 3.63) is 101 Å². The number of ketones is 4. The summed E-state index contributed by atoms with van der Waals surface area (Å²) in [6.07, 6.45) is 4.62. The molecule has 1 saturated heterocycles. The highest BCUT2D eigenvalue weighted by Crippen LogP contribution is 2.38. The smallest absolute Gasteiger partial charge is 0.373 e. The molecule has 1 saturated carbocycles.